The zero-order chi connectivity index (χ0) is 15.3. The lowest BCUT2D eigenvalue weighted by atomic mass is 10.3. The molecule has 0 aliphatic rings. The Balaban J connectivity index is 3.16. The Morgan fingerprint density at radius 1 is 1.55 bits per heavy atom. The van der Waals surface area contributed by atoms with Gasteiger partial charge in [0.15, 0.2) is 5.82 Å². The molecule has 0 radical (unpaired) electrons. The molecular weight excluding hydrogens is 278 g/mol. The van der Waals surface area contributed by atoms with Crippen LogP contribution in [-0.2, 0) is 16.6 Å². The van der Waals surface area contributed by atoms with Crippen LogP contribution in [0.5, 0.6) is 0 Å². The van der Waals surface area contributed by atoms with Gasteiger partial charge in [-0.1, -0.05) is 6.92 Å². The number of hydrogen-bond acceptors (Lipinski definition) is 5. The van der Waals surface area contributed by atoms with Crippen LogP contribution in [0, 0.1) is 11.3 Å². The Hall–Kier alpha value is -1.59. The maximum absolute atomic E-state index is 12.6. The van der Waals surface area contributed by atoms with E-state index in [9.17, 15) is 8.42 Å². The minimum absolute atomic E-state index is 0.000979. The number of aromatic nitrogens is 2. The van der Waals surface area contributed by atoms with Gasteiger partial charge in [0, 0.05) is 31.7 Å². The van der Waals surface area contributed by atoms with Crippen LogP contribution in [0.4, 0.5) is 5.82 Å². The molecule has 0 saturated heterocycles. The van der Waals surface area contributed by atoms with E-state index in [1.54, 1.807) is 13.8 Å². The van der Waals surface area contributed by atoms with E-state index in [0.29, 0.717) is 6.54 Å². The van der Waals surface area contributed by atoms with Crippen molar-refractivity contribution in [2.24, 2.45) is 0 Å². The molecule has 0 bridgehead atoms. The third-order valence-electron chi connectivity index (χ3n) is 2.81. The first kappa shape index (κ1) is 16.5. The second-order valence-corrected chi connectivity index (χ2v) is 6.62. The fraction of sp³-hybridized carbons (Fsp3) is 0.667. The van der Waals surface area contributed by atoms with Gasteiger partial charge < -0.3 is 5.73 Å². The smallest absolute Gasteiger partial charge is 0.248 e. The molecule has 1 heterocycles. The molecule has 0 aliphatic carbocycles. The standard InChI is InChI=1S/C12H21N5O2S/c1-4-7-16-9-11(12(14)15-16)20(18,19)17(10(2)3)8-5-6-13/h9-10H,4-5,7-8H2,1-3H3,(H2,14,15). The summed E-state index contributed by atoms with van der Waals surface area (Å²) in [5.41, 5.74) is 5.72. The van der Waals surface area contributed by atoms with Crippen molar-refractivity contribution in [1.29, 1.82) is 5.26 Å². The molecule has 0 spiro atoms. The zero-order valence-corrected chi connectivity index (χ0v) is 12.9. The highest BCUT2D eigenvalue weighted by molar-refractivity contribution is 7.89. The quantitative estimate of drug-likeness (QED) is 0.814. The van der Waals surface area contributed by atoms with E-state index in [1.807, 2.05) is 13.0 Å². The largest absolute Gasteiger partial charge is 0.381 e. The van der Waals surface area contributed by atoms with Crippen molar-refractivity contribution < 1.29 is 8.42 Å². The molecule has 2 N–H and O–H groups in total. The molecule has 1 rings (SSSR count). The number of anilines is 1. The summed E-state index contributed by atoms with van der Waals surface area (Å²) >= 11 is 0. The second-order valence-electron chi connectivity index (χ2n) is 4.76. The molecule has 20 heavy (non-hydrogen) atoms. The van der Waals surface area contributed by atoms with Gasteiger partial charge in [-0.05, 0) is 20.3 Å². The third-order valence-corrected chi connectivity index (χ3v) is 4.91. The summed E-state index contributed by atoms with van der Waals surface area (Å²) in [6.45, 7) is 6.26. The normalized spacial score (nSPS) is 12.0. The summed E-state index contributed by atoms with van der Waals surface area (Å²) < 4.78 is 28.0. The average Bonchev–Trinajstić information content (AvgIpc) is 2.71. The van der Waals surface area contributed by atoms with E-state index in [0.717, 1.165) is 6.42 Å². The van der Waals surface area contributed by atoms with Crippen molar-refractivity contribution in [1.82, 2.24) is 14.1 Å². The molecule has 0 atom stereocenters. The number of nitriles is 1. The SMILES string of the molecule is CCCn1cc(S(=O)(=O)N(CCC#N)C(C)C)c(N)n1. The predicted molar refractivity (Wildman–Crippen MR) is 76.2 cm³/mol. The topological polar surface area (TPSA) is 105 Å². The van der Waals surface area contributed by atoms with E-state index >= 15 is 0 Å². The average molecular weight is 299 g/mol. The van der Waals surface area contributed by atoms with Crippen LogP contribution in [-0.4, -0.2) is 35.1 Å². The van der Waals surface area contributed by atoms with Crippen LogP contribution in [0.3, 0.4) is 0 Å². The lowest BCUT2D eigenvalue weighted by molar-refractivity contribution is 0.360. The molecule has 8 heteroatoms. The van der Waals surface area contributed by atoms with Gasteiger partial charge in [0.25, 0.3) is 0 Å². The van der Waals surface area contributed by atoms with E-state index < -0.39 is 10.0 Å². The number of hydrogen-bond donors (Lipinski definition) is 1. The Bertz CT molecular complexity index is 585. The Labute approximate surface area is 120 Å². The van der Waals surface area contributed by atoms with Crippen molar-refractivity contribution in [3.63, 3.8) is 0 Å². The van der Waals surface area contributed by atoms with Gasteiger partial charge in [-0.25, -0.2) is 8.42 Å². The molecule has 1 aromatic heterocycles. The summed E-state index contributed by atoms with van der Waals surface area (Å²) in [5, 5.41) is 12.7. The monoisotopic (exact) mass is 299 g/mol. The Morgan fingerprint density at radius 3 is 2.70 bits per heavy atom. The number of rotatable bonds is 7. The van der Waals surface area contributed by atoms with Crippen molar-refractivity contribution in [3.8, 4) is 6.07 Å². The molecular formula is C12H21N5O2S. The third kappa shape index (κ3) is 3.49. The first-order chi connectivity index (χ1) is 9.34. The summed E-state index contributed by atoms with van der Waals surface area (Å²) in [6, 6.07) is 1.71. The molecule has 0 saturated carbocycles. The summed E-state index contributed by atoms with van der Waals surface area (Å²) in [4.78, 5) is 0.0117. The highest BCUT2D eigenvalue weighted by Crippen LogP contribution is 2.23. The lowest BCUT2D eigenvalue weighted by Crippen LogP contribution is -2.37. The van der Waals surface area contributed by atoms with Gasteiger partial charge in [-0.3, -0.25) is 4.68 Å². The van der Waals surface area contributed by atoms with Crippen LogP contribution in [0.1, 0.15) is 33.6 Å². The van der Waals surface area contributed by atoms with Crippen molar-refractivity contribution >= 4 is 15.8 Å². The fourth-order valence-electron chi connectivity index (χ4n) is 1.90. The molecule has 7 nitrogen and oxygen atoms in total. The Morgan fingerprint density at radius 2 is 2.20 bits per heavy atom. The highest BCUT2D eigenvalue weighted by Gasteiger charge is 2.30. The molecule has 0 unspecified atom stereocenters. The number of nitrogens with two attached hydrogens (primary N) is 1. The summed E-state index contributed by atoms with van der Waals surface area (Å²) in [7, 11) is -3.73. The van der Waals surface area contributed by atoms with Gasteiger partial charge in [0.2, 0.25) is 10.0 Å². The van der Waals surface area contributed by atoms with Crippen LogP contribution >= 0.6 is 0 Å². The Kier molecular flexibility index (Phi) is 5.53. The van der Waals surface area contributed by atoms with E-state index in [4.69, 9.17) is 11.0 Å². The van der Waals surface area contributed by atoms with E-state index in [-0.39, 0.29) is 29.7 Å². The summed E-state index contributed by atoms with van der Waals surface area (Å²) in [6.07, 6.45) is 2.43. The zero-order valence-electron chi connectivity index (χ0n) is 12.1. The van der Waals surface area contributed by atoms with Gasteiger partial charge in [-0.15, -0.1) is 0 Å². The van der Waals surface area contributed by atoms with Crippen LogP contribution < -0.4 is 5.73 Å². The van der Waals surface area contributed by atoms with Gasteiger partial charge in [0.1, 0.15) is 4.90 Å². The maximum Gasteiger partial charge on any atom is 0.248 e. The fourth-order valence-corrected chi connectivity index (χ4v) is 3.60. The van der Waals surface area contributed by atoms with Crippen LogP contribution in [0.25, 0.3) is 0 Å². The minimum atomic E-state index is -3.73. The number of aryl methyl sites for hydroxylation is 1. The maximum atomic E-state index is 12.6. The van der Waals surface area contributed by atoms with Crippen molar-refractivity contribution in [2.45, 2.75) is 51.1 Å². The molecule has 112 valence electrons. The second kappa shape index (κ2) is 6.72. The van der Waals surface area contributed by atoms with Gasteiger partial charge >= 0.3 is 0 Å². The molecule has 0 aliphatic heterocycles. The van der Waals surface area contributed by atoms with Crippen LogP contribution in [0.2, 0.25) is 0 Å². The molecule has 0 aromatic carbocycles. The van der Waals surface area contributed by atoms with Gasteiger partial charge in [-0.2, -0.15) is 14.7 Å². The number of nitrogen functional groups attached to an aromatic ring is 1. The molecule has 0 fully saturated rings. The highest BCUT2D eigenvalue weighted by atomic mass is 32.2. The van der Waals surface area contributed by atoms with Crippen molar-refractivity contribution in [2.75, 3.05) is 12.3 Å². The summed E-state index contributed by atoms with van der Waals surface area (Å²) in [5.74, 6) is 0.000979. The van der Waals surface area contributed by atoms with Gasteiger partial charge in [0.05, 0.1) is 6.07 Å². The minimum Gasteiger partial charge on any atom is -0.381 e. The first-order valence-corrected chi connectivity index (χ1v) is 8.00. The lowest BCUT2D eigenvalue weighted by Gasteiger charge is -2.24. The van der Waals surface area contributed by atoms with Crippen LogP contribution in [0.15, 0.2) is 11.1 Å². The predicted octanol–water partition coefficient (Wildman–Crippen LogP) is 1.19. The van der Waals surface area contributed by atoms with E-state index in [2.05, 4.69) is 5.10 Å². The first-order valence-electron chi connectivity index (χ1n) is 6.56. The molecule has 0 amide bonds. The molecule has 1 aromatic rings. The van der Waals surface area contributed by atoms with Crippen molar-refractivity contribution in [3.05, 3.63) is 6.20 Å². The number of sulfonamides is 1. The number of nitrogens with zero attached hydrogens (tertiary/aromatic N) is 4. The van der Waals surface area contributed by atoms with E-state index in [1.165, 1.54) is 15.2 Å².